The third-order valence-corrected chi connectivity index (χ3v) is 3.26. The molecule has 6 heteroatoms. The Morgan fingerprint density at radius 2 is 2.00 bits per heavy atom. The van der Waals surface area contributed by atoms with Crippen molar-refractivity contribution >= 4 is 29.2 Å². The Morgan fingerprint density at radius 3 is 2.70 bits per heavy atom. The molecule has 0 unspecified atom stereocenters. The van der Waals surface area contributed by atoms with Crippen LogP contribution in [0.5, 0.6) is 5.75 Å². The number of carboxylic acid groups (broad SMARTS) is 1. The van der Waals surface area contributed by atoms with Gasteiger partial charge in [-0.2, -0.15) is 0 Å². The molecule has 1 amide bonds. The van der Waals surface area contributed by atoms with Crippen molar-refractivity contribution < 1.29 is 19.4 Å². The summed E-state index contributed by atoms with van der Waals surface area (Å²) < 4.78 is 5.48. The zero-order valence-corrected chi connectivity index (χ0v) is 13.3. The molecule has 0 atom stereocenters. The van der Waals surface area contributed by atoms with Gasteiger partial charge in [0.1, 0.15) is 5.75 Å². The molecule has 5 nitrogen and oxygen atoms in total. The van der Waals surface area contributed by atoms with Crippen LogP contribution in [0, 0.1) is 0 Å². The van der Waals surface area contributed by atoms with Crippen LogP contribution in [0.4, 0.5) is 5.69 Å². The van der Waals surface area contributed by atoms with E-state index in [4.69, 9.17) is 21.4 Å². The molecule has 0 aromatic heterocycles. The van der Waals surface area contributed by atoms with E-state index in [1.165, 1.54) is 18.2 Å². The molecule has 0 spiro atoms. The second-order valence-corrected chi connectivity index (χ2v) is 5.26. The molecule has 0 bridgehead atoms. The van der Waals surface area contributed by atoms with E-state index in [0.29, 0.717) is 22.9 Å². The van der Waals surface area contributed by atoms with E-state index >= 15 is 0 Å². The second kappa shape index (κ2) is 7.65. The van der Waals surface area contributed by atoms with Crippen molar-refractivity contribution in [1.29, 1.82) is 0 Å². The Hall–Kier alpha value is -2.53. The number of carboxylic acids is 1. The van der Waals surface area contributed by atoms with Gasteiger partial charge < -0.3 is 15.2 Å². The van der Waals surface area contributed by atoms with Crippen molar-refractivity contribution in [3.63, 3.8) is 0 Å². The van der Waals surface area contributed by atoms with E-state index in [1.807, 2.05) is 6.92 Å². The highest BCUT2D eigenvalue weighted by Gasteiger charge is 2.14. The molecule has 2 rings (SSSR count). The molecule has 0 heterocycles. The molecule has 0 fully saturated rings. The van der Waals surface area contributed by atoms with Gasteiger partial charge in [0.2, 0.25) is 0 Å². The van der Waals surface area contributed by atoms with Gasteiger partial charge in [-0.25, -0.2) is 4.79 Å². The topological polar surface area (TPSA) is 75.6 Å². The van der Waals surface area contributed by atoms with Gasteiger partial charge in [0.25, 0.3) is 5.91 Å². The zero-order valence-electron chi connectivity index (χ0n) is 12.5. The lowest BCUT2D eigenvalue weighted by Gasteiger charge is -2.10. The van der Waals surface area contributed by atoms with Crippen molar-refractivity contribution in [2.45, 2.75) is 13.3 Å². The van der Waals surface area contributed by atoms with Crippen LogP contribution in [0.1, 0.15) is 34.1 Å². The summed E-state index contributed by atoms with van der Waals surface area (Å²) in [6.07, 6.45) is 0.862. The van der Waals surface area contributed by atoms with Crippen LogP contribution in [-0.2, 0) is 0 Å². The molecular weight excluding hydrogens is 318 g/mol. The first-order valence-electron chi connectivity index (χ1n) is 7.08. The first-order valence-corrected chi connectivity index (χ1v) is 7.46. The summed E-state index contributed by atoms with van der Waals surface area (Å²) in [5.74, 6) is -0.988. The zero-order chi connectivity index (χ0) is 16.8. The molecule has 0 aliphatic carbocycles. The largest absolute Gasteiger partial charge is 0.494 e. The molecule has 2 N–H and O–H groups in total. The monoisotopic (exact) mass is 333 g/mol. The fraction of sp³-hybridized carbons (Fsp3) is 0.176. The number of hydrogen-bond acceptors (Lipinski definition) is 3. The Kier molecular flexibility index (Phi) is 5.60. The van der Waals surface area contributed by atoms with Gasteiger partial charge in [-0.3, -0.25) is 4.79 Å². The summed E-state index contributed by atoms with van der Waals surface area (Å²) in [7, 11) is 0. The predicted molar refractivity (Wildman–Crippen MR) is 88.6 cm³/mol. The van der Waals surface area contributed by atoms with E-state index in [-0.39, 0.29) is 11.3 Å². The number of halogens is 1. The Bertz CT molecular complexity index is 730. The Labute approximate surface area is 138 Å². The number of amides is 1. The number of anilines is 1. The second-order valence-electron chi connectivity index (χ2n) is 4.83. The van der Waals surface area contributed by atoms with Gasteiger partial charge >= 0.3 is 5.97 Å². The highest BCUT2D eigenvalue weighted by molar-refractivity contribution is 6.31. The molecule has 23 heavy (non-hydrogen) atoms. The van der Waals surface area contributed by atoms with Gasteiger partial charge in [-0.1, -0.05) is 24.6 Å². The van der Waals surface area contributed by atoms with E-state index in [9.17, 15) is 9.59 Å². The number of hydrogen-bond donors (Lipinski definition) is 2. The average Bonchev–Trinajstić information content (AvgIpc) is 2.53. The minimum absolute atomic E-state index is 0.0267. The van der Waals surface area contributed by atoms with Crippen LogP contribution in [0.25, 0.3) is 0 Å². The van der Waals surface area contributed by atoms with E-state index in [0.717, 1.165) is 6.42 Å². The third-order valence-electron chi connectivity index (χ3n) is 3.03. The summed E-state index contributed by atoms with van der Waals surface area (Å²) in [6, 6.07) is 10.9. The Balaban J connectivity index is 2.22. The lowest BCUT2D eigenvalue weighted by molar-refractivity contribution is 0.0698. The van der Waals surface area contributed by atoms with Crippen LogP contribution < -0.4 is 10.1 Å². The molecular formula is C17H16ClNO4. The normalized spacial score (nSPS) is 10.2. The van der Waals surface area contributed by atoms with Gasteiger partial charge in [-0.05, 0) is 42.8 Å². The number of benzene rings is 2. The number of nitrogens with one attached hydrogen (secondary N) is 1. The van der Waals surface area contributed by atoms with Crippen LogP contribution in [-0.4, -0.2) is 23.6 Å². The predicted octanol–water partition coefficient (Wildman–Crippen LogP) is 4.08. The molecule has 2 aromatic carbocycles. The van der Waals surface area contributed by atoms with E-state index in [2.05, 4.69) is 5.32 Å². The third kappa shape index (κ3) is 4.47. The molecule has 0 saturated carbocycles. The van der Waals surface area contributed by atoms with Crippen LogP contribution in [0.15, 0.2) is 42.5 Å². The number of ether oxygens (including phenoxy) is 1. The van der Waals surface area contributed by atoms with Crippen molar-refractivity contribution in [2.24, 2.45) is 0 Å². The fourth-order valence-corrected chi connectivity index (χ4v) is 2.12. The highest BCUT2D eigenvalue weighted by Crippen LogP contribution is 2.22. The summed E-state index contributed by atoms with van der Waals surface area (Å²) in [5, 5.41) is 12.1. The van der Waals surface area contributed by atoms with Crippen molar-refractivity contribution in [1.82, 2.24) is 0 Å². The average molecular weight is 334 g/mol. The smallest absolute Gasteiger partial charge is 0.337 e. The van der Waals surface area contributed by atoms with Crippen LogP contribution >= 0.6 is 11.6 Å². The molecule has 0 radical (unpaired) electrons. The lowest BCUT2D eigenvalue weighted by atomic mass is 10.1. The Morgan fingerprint density at radius 1 is 1.22 bits per heavy atom. The molecule has 0 aliphatic rings. The van der Waals surface area contributed by atoms with E-state index < -0.39 is 11.9 Å². The van der Waals surface area contributed by atoms with Crippen molar-refractivity contribution in [2.75, 3.05) is 11.9 Å². The maximum absolute atomic E-state index is 12.3. The number of rotatable bonds is 6. The van der Waals surface area contributed by atoms with Gasteiger partial charge in [0, 0.05) is 10.6 Å². The fourth-order valence-electron chi connectivity index (χ4n) is 1.95. The van der Waals surface area contributed by atoms with Gasteiger partial charge in [0.05, 0.1) is 17.9 Å². The first-order chi connectivity index (χ1) is 11.0. The standard InChI is InChI=1S/C17H16ClNO4/c1-2-8-23-13-5-3-4-11(9-13)16(20)19-15-10-12(18)6-7-14(15)17(21)22/h3-7,9-10H,2,8H2,1H3,(H,19,20)(H,21,22). The first kappa shape index (κ1) is 16.8. The summed E-state index contributed by atoms with van der Waals surface area (Å²) in [6.45, 7) is 2.55. The van der Waals surface area contributed by atoms with Gasteiger partial charge in [0.15, 0.2) is 0 Å². The van der Waals surface area contributed by atoms with E-state index in [1.54, 1.807) is 24.3 Å². The number of aromatic carboxylic acids is 1. The summed E-state index contributed by atoms with van der Waals surface area (Å²) in [5.41, 5.74) is 0.492. The SMILES string of the molecule is CCCOc1cccc(C(=O)Nc2cc(Cl)ccc2C(=O)O)c1. The number of carbonyl (C=O) groups excluding carboxylic acids is 1. The minimum atomic E-state index is -1.14. The maximum Gasteiger partial charge on any atom is 0.337 e. The van der Waals surface area contributed by atoms with Crippen LogP contribution in [0.3, 0.4) is 0 Å². The van der Waals surface area contributed by atoms with Crippen LogP contribution in [0.2, 0.25) is 5.02 Å². The quantitative estimate of drug-likeness (QED) is 0.835. The lowest BCUT2D eigenvalue weighted by Crippen LogP contribution is -2.15. The molecule has 0 saturated heterocycles. The highest BCUT2D eigenvalue weighted by atomic mass is 35.5. The summed E-state index contributed by atoms with van der Waals surface area (Å²) in [4.78, 5) is 23.5. The van der Waals surface area contributed by atoms with Gasteiger partial charge in [-0.15, -0.1) is 0 Å². The van der Waals surface area contributed by atoms with Crippen molar-refractivity contribution in [3.05, 3.63) is 58.6 Å². The number of carbonyl (C=O) groups is 2. The minimum Gasteiger partial charge on any atom is -0.494 e. The molecule has 120 valence electrons. The summed E-state index contributed by atoms with van der Waals surface area (Å²) >= 11 is 5.87. The molecule has 2 aromatic rings. The maximum atomic E-state index is 12.3. The molecule has 0 aliphatic heterocycles. The van der Waals surface area contributed by atoms with Crippen molar-refractivity contribution in [3.8, 4) is 5.75 Å².